The van der Waals surface area contributed by atoms with E-state index in [4.69, 9.17) is 18.9 Å². The van der Waals surface area contributed by atoms with E-state index in [0.717, 1.165) is 15.7 Å². The fraction of sp³-hybridized carbons (Fsp3) is 0.342. The number of pyridine rings is 1. The zero-order valence-corrected chi connectivity index (χ0v) is 30.4. The van der Waals surface area contributed by atoms with E-state index in [9.17, 15) is 13.7 Å². The molecule has 2 aliphatic heterocycles. The van der Waals surface area contributed by atoms with Gasteiger partial charge in [0.05, 0.1) is 45.3 Å². The number of ether oxygens (including phenoxy) is 4. The van der Waals surface area contributed by atoms with Crippen LogP contribution in [0.15, 0.2) is 77.8 Å². The fourth-order valence-electron chi connectivity index (χ4n) is 7.01. The number of nitriles is 1. The quantitative estimate of drug-likeness (QED) is 0.201. The average molecular weight is 712 g/mol. The first-order valence-corrected chi connectivity index (χ1v) is 18.1. The van der Waals surface area contributed by atoms with E-state index in [2.05, 4.69) is 35.9 Å². The Balaban J connectivity index is 1.58. The first-order chi connectivity index (χ1) is 24.6. The largest absolute Gasteiger partial charge is 0.497 e. The van der Waals surface area contributed by atoms with Crippen LogP contribution >= 0.6 is 0 Å². The van der Waals surface area contributed by atoms with Crippen molar-refractivity contribution in [2.75, 3.05) is 63.3 Å². The normalized spacial score (nSPS) is 17.6. The van der Waals surface area contributed by atoms with Crippen LogP contribution in [-0.4, -0.2) is 78.3 Å². The number of piperazine rings is 1. The van der Waals surface area contributed by atoms with Gasteiger partial charge in [-0.25, -0.2) is 12.7 Å². The van der Waals surface area contributed by atoms with Gasteiger partial charge in [-0.2, -0.15) is 5.26 Å². The molecule has 1 fully saturated rings. The molecule has 0 radical (unpaired) electrons. The third-order valence-electron chi connectivity index (χ3n) is 9.47. The lowest BCUT2D eigenvalue weighted by atomic mass is 9.80. The topological polar surface area (TPSA) is 135 Å². The van der Waals surface area contributed by atoms with Crippen LogP contribution in [-0.2, 0) is 20.4 Å². The van der Waals surface area contributed by atoms with Crippen molar-refractivity contribution < 1.29 is 32.2 Å². The molecule has 13 heteroatoms. The van der Waals surface area contributed by atoms with Crippen LogP contribution in [0.1, 0.15) is 49.1 Å². The third kappa shape index (κ3) is 5.88. The predicted molar refractivity (Wildman–Crippen MR) is 192 cm³/mol. The Bertz CT molecular complexity index is 2110. The van der Waals surface area contributed by atoms with Crippen molar-refractivity contribution in [2.24, 2.45) is 0 Å². The Hall–Kier alpha value is -5.32. The lowest BCUT2D eigenvalue weighted by molar-refractivity contribution is -0.127. The van der Waals surface area contributed by atoms with Gasteiger partial charge in [-0.1, -0.05) is 26.0 Å². The molecule has 1 aromatic heterocycles. The maximum absolute atomic E-state index is 15.6. The summed E-state index contributed by atoms with van der Waals surface area (Å²) in [6.07, 6.45) is 1.81. The molecule has 0 spiro atoms. The van der Waals surface area contributed by atoms with Crippen molar-refractivity contribution in [1.82, 2.24) is 9.88 Å². The molecule has 2 aliphatic rings. The molecule has 12 nitrogen and oxygen atoms in total. The number of fused-ring (bicyclic) bond motifs is 1. The van der Waals surface area contributed by atoms with Crippen LogP contribution in [0, 0.1) is 11.3 Å². The molecule has 1 unspecified atom stereocenters. The summed E-state index contributed by atoms with van der Waals surface area (Å²) in [7, 11) is -0.278. The molecule has 0 aliphatic carbocycles. The molecule has 266 valence electrons. The number of carbonyl (C=O) groups is 1. The molecule has 1 saturated heterocycles. The van der Waals surface area contributed by atoms with Crippen molar-refractivity contribution >= 4 is 27.3 Å². The molecule has 3 aromatic carbocycles. The van der Waals surface area contributed by atoms with Gasteiger partial charge in [0.2, 0.25) is 0 Å². The first kappa shape index (κ1) is 35.5. The number of methoxy groups -OCH3 is 3. The van der Waals surface area contributed by atoms with Crippen LogP contribution in [0.2, 0.25) is 0 Å². The third-order valence-corrected chi connectivity index (χ3v) is 11.2. The minimum absolute atomic E-state index is 0.0120. The molecule has 0 bridgehead atoms. The molecule has 51 heavy (non-hydrogen) atoms. The number of hydrogen-bond donors (Lipinski definition) is 0. The number of benzene rings is 3. The Morgan fingerprint density at radius 1 is 0.902 bits per heavy atom. The number of sulfonamides is 1. The van der Waals surface area contributed by atoms with Crippen molar-refractivity contribution in [1.29, 1.82) is 5.26 Å². The summed E-state index contributed by atoms with van der Waals surface area (Å²) in [5.74, 6) is 0.603. The van der Waals surface area contributed by atoms with Crippen LogP contribution in [0.25, 0.3) is 0 Å². The van der Waals surface area contributed by atoms with Gasteiger partial charge < -0.3 is 23.8 Å². The lowest BCUT2D eigenvalue weighted by Crippen LogP contribution is -2.60. The summed E-state index contributed by atoms with van der Waals surface area (Å²) in [6.45, 7) is 8.05. The molecule has 1 atom stereocenters. The first-order valence-electron chi connectivity index (χ1n) is 16.7. The van der Waals surface area contributed by atoms with E-state index in [-0.39, 0.29) is 34.4 Å². The number of para-hydroxylation sites is 1. The van der Waals surface area contributed by atoms with E-state index in [1.807, 2.05) is 17.9 Å². The van der Waals surface area contributed by atoms with Crippen LogP contribution in [0.4, 0.5) is 11.4 Å². The molecule has 4 aromatic rings. The Morgan fingerprint density at radius 2 is 1.65 bits per heavy atom. The van der Waals surface area contributed by atoms with Gasteiger partial charge in [0.25, 0.3) is 15.9 Å². The van der Waals surface area contributed by atoms with E-state index < -0.39 is 21.5 Å². The Kier molecular flexibility index (Phi) is 9.83. The molecule has 6 rings (SSSR count). The highest BCUT2D eigenvalue weighted by atomic mass is 32.2. The van der Waals surface area contributed by atoms with Crippen molar-refractivity contribution in [3.05, 3.63) is 95.3 Å². The smallest absolute Gasteiger partial charge is 0.274 e. The van der Waals surface area contributed by atoms with Gasteiger partial charge in [-0.05, 0) is 61.4 Å². The molecular weight excluding hydrogens is 671 g/mol. The summed E-state index contributed by atoms with van der Waals surface area (Å²) < 4.78 is 53.3. The Morgan fingerprint density at radius 3 is 2.29 bits per heavy atom. The van der Waals surface area contributed by atoms with E-state index in [1.165, 1.54) is 51.7 Å². The maximum Gasteiger partial charge on any atom is 0.274 e. The highest BCUT2D eigenvalue weighted by Gasteiger charge is 2.61. The molecular formula is C38H41N5O7S. The standard InChI is InChI=1S/C38H41N5O7S/c1-7-50-36-29(9-8-10-33(36)48-5)38(42-19-17-41(18-20-42)27-15-16-40-31(22-27)25(2)3)30-21-26(24-39)11-13-32(30)43(37(38)44)51(45,46)35-14-12-28(47-4)23-34(35)49-6/h8-16,21-23,25H,7,17-20H2,1-6H3. The van der Waals surface area contributed by atoms with Gasteiger partial charge in [0, 0.05) is 61.0 Å². The van der Waals surface area contributed by atoms with Gasteiger partial charge in [-0.15, -0.1) is 0 Å². The SMILES string of the molecule is CCOc1c(OC)cccc1C1(N2CCN(c3ccnc(C(C)C)c3)CC2)C(=O)N(S(=O)(=O)c2ccc(OC)cc2OC)c2ccc(C#N)cc21. The number of hydrogen-bond acceptors (Lipinski definition) is 11. The molecule has 1 amide bonds. The molecule has 0 saturated carbocycles. The number of anilines is 2. The van der Waals surface area contributed by atoms with Gasteiger partial charge in [0.15, 0.2) is 17.0 Å². The highest BCUT2D eigenvalue weighted by molar-refractivity contribution is 7.93. The van der Waals surface area contributed by atoms with Crippen LogP contribution in [0.5, 0.6) is 23.0 Å². The maximum atomic E-state index is 15.6. The van der Waals surface area contributed by atoms with Crippen molar-refractivity contribution in [2.45, 2.75) is 37.1 Å². The second-order valence-corrected chi connectivity index (χ2v) is 14.2. The second-order valence-electron chi connectivity index (χ2n) is 12.5. The average Bonchev–Trinajstić information content (AvgIpc) is 3.42. The zero-order chi connectivity index (χ0) is 36.5. The van der Waals surface area contributed by atoms with E-state index in [0.29, 0.717) is 54.6 Å². The minimum Gasteiger partial charge on any atom is -0.497 e. The summed E-state index contributed by atoms with van der Waals surface area (Å²) in [4.78, 5) is 24.1. The lowest BCUT2D eigenvalue weighted by Gasteiger charge is -2.46. The van der Waals surface area contributed by atoms with Crippen LogP contribution < -0.4 is 28.2 Å². The summed E-state index contributed by atoms with van der Waals surface area (Å²) >= 11 is 0. The number of aromatic nitrogens is 1. The predicted octanol–water partition coefficient (Wildman–Crippen LogP) is 5.30. The number of rotatable bonds is 11. The number of carbonyl (C=O) groups excluding carboxylic acids is 1. The van der Waals surface area contributed by atoms with Crippen LogP contribution in [0.3, 0.4) is 0 Å². The monoisotopic (exact) mass is 711 g/mol. The minimum atomic E-state index is -4.61. The van der Waals surface area contributed by atoms with Crippen molar-refractivity contribution in [3.8, 4) is 29.1 Å². The summed E-state index contributed by atoms with van der Waals surface area (Å²) in [6, 6.07) is 20.4. The Labute approximate surface area is 298 Å². The second kappa shape index (κ2) is 14.1. The number of nitrogens with zero attached hydrogens (tertiary/aromatic N) is 5. The van der Waals surface area contributed by atoms with Gasteiger partial charge >= 0.3 is 0 Å². The number of amides is 1. The molecule has 3 heterocycles. The summed E-state index contributed by atoms with van der Waals surface area (Å²) in [5.41, 5.74) is 1.40. The summed E-state index contributed by atoms with van der Waals surface area (Å²) in [5, 5.41) is 10.1. The highest BCUT2D eigenvalue weighted by Crippen LogP contribution is 2.55. The van der Waals surface area contributed by atoms with Crippen molar-refractivity contribution in [3.63, 3.8) is 0 Å². The van der Waals surface area contributed by atoms with E-state index >= 15 is 4.79 Å². The fourth-order valence-corrected chi connectivity index (χ4v) is 8.61. The van der Waals surface area contributed by atoms with Gasteiger partial charge in [0.1, 0.15) is 16.4 Å². The molecule has 0 N–H and O–H groups in total. The van der Waals surface area contributed by atoms with Gasteiger partial charge in [-0.3, -0.25) is 14.7 Å². The zero-order valence-electron chi connectivity index (χ0n) is 29.5. The van der Waals surface area contributed by atoms with E-state index in [1.54, 1.807) is 30.5 Å².